The fraction of sp³-hybridized carbons (Fsp3) is 0.500. The number of benzene rings is 2. The average molecular weight is 452 g/mol. The number of aliphatic hydroxyl groups is 1. The number of carbonyl (C=O) groups is 2. The summed E-state index contributed by atoms with van der Waals surface area (Å²) in [5.41, 5.74) is 1.60. The molecule has 0 bridgehead atoms. The molecule has 5 nitrogen and oxygen atoms in total. The van der Waals surface area contributed by atoms with Crippen LogP contribution in [0.3, 0.4) is 0 Å². The number of nitrogens with two attached hydrogens (primary N) is 1. The lowest BCUT2D eigenvalue weighted by Gasteiger charge is -2.46. The summed E-state index contributed by atoms with van der Waals surface area (Å²) in [4.78, 5) is 23.9. The van der Waals surface area contributed by atoms with Gasteiger partial charge in [0.25, 0.3) is 0 Å². The number of likely N-dealkylation sites (N-methyl/N-ethyl adjacent to an activating group) is 1. The molecule has 0 amide bonds. The zero-order valence-corrected chi connectivity index (χ0v) is 19.8. The third-order valence-electron chi connectivity index (χ3n) is 7.63. The van der Waals surface area contributed by atoms with Crippen molar-refractivity contribution >= 4 is 11.8 Å². The van der Waals surface area contributed by atoms with Crippen LogP contribution in [0.25, 0.3) is 0 Å². The Balaban J connectivity index is 0.000000218. The number of fused-ring (bicyclic) bond motifs is 1. The highest BCUT2D eigenvalue weighted by Crippen LogP contribution is 2.52. The van der Waals surface area contributed by atoms with Gasteiger partial charge in [0.2, 0.25) is 0 Å². The monoisotopic (exact) mass is 451 g/mol. The topological polar surface area (TPSA) is 94.0 Å². The van der Waals surface area contributed by atoms with Crippen molar-refractivity contribution in [1.82, 2.24) is 0 Å². The van der Waals surface area contributed by atoms with Gasteiger partial charge in [-0.1, -0.05) is 80.3 Å². The maximum Gasteiger partial charge on any atom is 0.169 e. The van der Waals surface area contributed by atoms with Crippen LogP contribution in [0.1, 0.15) is 90.7 Å². The van der Waals surface area contributed by atoms with E-state index in [4.69, 9.17) is 0 Å². The molecule has 2 saturated carbocycles. The van der Waals surface area contributed by atoms with Crippen molar-refractivity contribution in [3.63, 3.8) is 0 Å². The highest BCUT2D eigenvalue weighted by Gasteiger charge is 2.47. The minimum Gasteiger partial charge on any atom is -0.545 e. The van der Waals surface area contributed by atoms with E-state index in [0.717, 1.165) is 31.2 Å². The number of carboxylic acids is 1. The SMILES string of the molecule is C[NH2+][C@@H](C)[C@H](O)c1ccccc1.O=C([O-])c1ccc(C(=O)C23CCCCC2CCCC3)cc1. The Labute approximate surface area is 197 Å². The van der Waals surface area contributed by atoms with Crippen LogP contribution < -0.4 is 10.4 Å². The molecular formula is C28H37NO4. The second kappa shape index (κ2) is 11.6. The molecule has 2 aliphatic rings. The highest BCUT2D eigenvalue weighted by atomic mass is 16.4. The summed E-state index contributed by atoms with van der Waals surface area (Å²) >= 11 is 0. The molecule has 3 N–H and O–H groups in total. The van der Waals surface area contributed by atoms with Crippen LogP contribution in [0.15, 0.2) is 54.6 Å². The minimum atomic E-state index is -1.19. The normalized spacial score (nSPS) is 23.9. The summed E-state index contributed by atoms with van der Waals surface area (Å²) in [5.74, 6) is -0.439. The van der Waals surface area contributed by atoms with Crippen molar-refractivity contribution in [2.24, 2.45) is 11.3 Å². The van der Waals surface area contributed by atoms with E-state index >= 15 is 0 Å². The minimum absolute atomic E-state index is 0.132. The summed E-state index contributed by atoms with van der Waals surface area (Å²) in [6, 6.07) is 16.2. The Kier molecular flexibility index (Phi) is 8.81. The summed E-state index contributed by atoms with van der Waals surface area (Å²) in [6.07, 6.45) is 8.73. The van der Waals surface area contributed by atoms with E-state index in [0.29, 0.717) is 11.5 Å². The Hall–Kier alpha value is -2.50. The molecule has 2 aliphatic carbocycles. The van der Waals surface area contributed by atoms with Crippen molar-refractivity contribution < 1.29 is 25.1 Å². The second-order valence-corrected chi connectivity index (χ2v) is 9.59. The zero-order chi connectivity index (χ0) is 23.8. The molecule has 0 aliphatic heterocycles. The Bertz CT molecular complexity index is 897. The molecule has 2 aromatic rings. The van der Waals surface area contributed by atoms with Gasteiger partial charge in [0.05, 0.1) is 13.0 Å². The van der Waals surface area contributed by atoms with Crippen LogP contribution in [0.4, 0.5) is 0 Å². The lowest BCUT2D eigenvalue weighted by atomic mass is 9.56. The van der Waals surface area contributed by atoms with Gasteiger partial charge in [-0.2, -0.15) is 0 Å². The van der Waals surface area contributed by atoms with Gasteiger partial charge in [0, 0.05) is 11.0 Å². The number of quaternary nitrogens is 1. The van der Waals surface area contributed by atoms with E-state index in [1.807, 2.05) is 49.6 Å². The number of hydrogen-bond acceptors (Lipinski definition) is 4. The molecule has 0 heterocycles. The number of carboxylic acid groups (broad SMARTS) is 1. The molecule has 0 saturated heterocycles. The smallest absolute Gasteiger partial charge is 0.169 e. The fourth-order valence-electron chi connectivity index (χ4n) is 5.49. The lowest BCUT2D eigenvalue weighted by Crippen LogP contribution is -2.86. The summed E-state index contributed by atoms with van der Waals surface area (Å²) in [5, 5.41) is 22.6. The molecular weight excluding hydrogens is 414 g/mol. The first-order valence-electron chi connectivity index (χ1n) is 12.3. The Morgan fingerprint density at radius 2 is 1.48 bits per heavy atom. The standard InChI is InChI=1S/C18H22O3.C10H15NO/c19-16(13-7-9-14(10-8-13)17(20)21)18-11-3-1-5-15(18)6-2-4-12-18;1-8(11-2)10(12)9-6-4-3-5-7-9/h7-10,15H,1-6,11-12H2,(H,20,21);3-8,10-12H,1-2H3/t;8-,10-/m.0/s1. The van der Waals surface area contributed by atoms with Crippen LogP contribution in [-0.4, -0.2) is 29.9 Å². The third kappa shape index (κ3) is 5.90. The molecule has 33 heavy (non-hydrogen) atoms. The van der Waals surface area contributed by atoms with Gasteiger partial charge in [-0.05, 0) is 49.7 Å². The maximum atomic E-state index is 13.1. The zero-order valence-electron chi connectivity index (χ0n) is 19.8. The van der Waals surface area contributed by atoms with Gasteiger partial charge < -0.3 is 20.3 Å². The first-order valence-corrected chi connectivity index (χ1v) is 12.3. The Morgan fingerprint density at radius 1 is 0.939 bits per heavy atom. The molecule has 2 atom stereocenters. The third-order valence-corrected chi connectivity index (χ3v) is 7.63. The van der Waals surface area contributed by atoms with Gasteiger partial charge in [-0.3, -0.25) is 4.79 Å². The van der Waals surface area contributed by atoms with E-state index in [1.54, 1.807) is 12.1 Å². The average Bonchev–Trinajstić information content (AvgIpc) is 2.88. The van der Waals surface area contributed by atoms with Crippen molar-refractivity contribution in [3.8, 4) is 0 Å². The number of carbonyl (C=O) groups excluding carboxylic acids is 2. The highest BCUT2D eigenvalue weighted by molar-refractivity contribution is 6.01. The number of ketones is 1. The van der Waals surface area contributed by atoms with Crippen LogP contribution in [0, 0.1) is 11.3 Å². The maximum absolute atomic E-state index is 13.1. The first kappa shape index (κ1) is 25.1. The number of hydrogen-bond donors (Lipinski definition) is 2. The second-order valence-electron chi connectivity index (χ2n) is 9.59. The summed E-state index contributed by atoms with van der Waals surface area (Å²) < 4.78 is 0. The van der Waals surface area contributed by atoms with Gasteiger partial charge in [0.15, 0.2) is 5.78 Å². The predicted octanol–water partition coefficient (Wildman–Crippen LogP) is 3.29. The molecule has 0 unspecified atom stereocenters. The van der Waals surface area contributed by atoms with E-state index < -0.39 is 5.97 Å². The first-order chi connectivity index (χ1) is 15.9. The summed E-state index contributed by atoms with van der Waals surface area (Å²) in [7, 11) is 1.97. The van der Waals surface area contributed by atoms with Crippen LogP contribution in [0.5, 0.6) is 0 Å². The molecule has 2 aromatic carbocycles. The van der Waals surface area contributed by atoms with E-state index in [1.165, 1.54) is 37.8 Å². The Morgan fingerprint density at radius 3 is 2.00 bits per heavy atom. The van der Waals surface area contributed by atoms with Crippen molar-refractivity contribution in [2.75, 3.05) is 7.05 Å². The number of aliphatic hydroxyl groups excluding tert-OH is 1. The largest absolute Gasteiger partial charge is 0.545 e. The molecule has 2 fully saturated rings. The number of Topliss-reactive ketones (excluding diaryl/α,β-unsaturated/α-hetero) is 1. The van der Waals surface area contributed by atoms with Crippen LogP contribution in [-0.2, 0) is 0 Å². The van der Waals surface area contributed by atoms with Gasteiger partial charge in [0.1, 0.15) is 12.1 Å². The fourth-order valence-corrected chi connectivity index (χ4v) is 5.49. The molecule has 0 spiro atoms. The number of aromatic carboxylic acids is 1. The number of rotatable bonds is 6. The van der Waals surface area contributed by atoms with E-state index in [2.05, 4.69) is 0 Å². The van der Waals surface area contributed by atoms with Crippen molar-refractivity contribution in [2.45, 2.75) is 70.4 Å². The predicted molar refractivity (Wildman–Crippen MR) is 127 cm³/mol. The van der Waals surface area contributed by atoms with Crippen molar-refractivity contribution in [3.05, 3.63) is 71.3 Å². The van der Waals surface area contributed by atoms with E-state index in [9.17, 15) is 19.8 Å². The lowest BCUT2D eigenvalue weighted by molar-refractivity contribution is -0.669. The molecule has 4 rings (SSSR count). The quantitative estimate of drug-likeness (QED) is 0.659. The van der Waals surface area contributed by atoms with Gasteiger partial charge in [-0.25, -0.2) is 0 Å². The molecule has 0 aromatic heterocycles. The molecule has 5 heteroatoms. The van der Waals surface area contributed by atoms with E-state index in [-0.39, 0.29) is 28.9 Å². The molecule has 178 valence electrons. The summed E-state index contributed by atoms with van der Waals surface area (Å²) in [6.45, 7) is 2.01. The van der Waals surface area contributed by atoms with Gasteiger partial charge >= 0.3 is 0 Å². The van der Waals surface area contributed by atoms with Crippen molar-refractivity contribution in [1.29, 1.82) is 0 Å². The molecule has 0 radical (unpaired) electrons. The van der Waals surface area contributed by atoms with Crippen LogP contribution in [0.2, 0.25) is 0 Å². The van der Waals surface area contributed by atoms with Crippen LogP contribution >= 0.6 is 0 Å². The van der Waals surface area contributed by atoms with Gasteiger partial charge in [-0.15, -0.1) is 0 Å².